The van der Waals surface area contributed by atoms with E-state index in [1.54, 1.807) is 0 Å². The van der Waals surface area contributed by atoms with E-state index in [4.69, 9.17) is 1.37 Å². The Labute approximate surface area is 68.0 Å². The van der Waals surface area contributed by atoms with Crippen LogP contribution in [0.4, 0.5) is 13.2 Å². The van der Waals surface area contributed by atoms with E-state index in [-0.39, 0.29) is 6.17 Å². The van der Waals surface area contributed by atoms with Crippen LogP contribution in [0.15, 0.2) is 18.3 Å². The Hall–Kier alpha value is -1.26. The van der Waals surface area contributed by atoms with Gasteiger partial charge in [0.25, 0.3) is 5.78 Å². The van der Waals surface area contributed by atoms with Crippen molar-refractivity contribution in [3.63, 3.8) is 0 Å². The number of carbonyl (C=O) groups excluding carboxylic acids is 1. The summed E-state index contributed by atoms with van der Waals surface area (Å²) in [6, 6.07) is 2.12. The molecule has 0 bridgehead atoms. The van der Waals surface area contributed by atoms with E-state index in [1.165, 1.54) is 7.05 Å². The van der Waals surface area contributed by atoms with Crippen molar-refractivity contribution in [1.82, 2.24) is 4.57 Å². The number of halogens is 3. The molecule has 0 radical (unpaired) electrons. The fraction of sp³-hybridized carbons (Fsp3) is 0.286. The maximum absolute atomic E-state index is 11.9. The third-order valence-corrected chi connectivity index (χ3v) is 1.36. The number of hydrogen-bond acceptors (Lipinski definition) is 1. The van der Waals surface area contributed by atoms with Gasteiger partial charge in [-0.05, 0) is 12.1 Å². The lowest BCUT2D eigenvalue weighted by Crippen LogP contribution is -2.24. The Morgan fingerprint density at radius 3 is 2.58 bits per heavy atom. The van der Waals surface area contributed by atoms with Gasteiger partial charge < -0.3 is 4.57 Å². The van der Waals surface area contributed by atoms with Crippen LogP contribution in [0.25, 0.3) is 0 Å². The minimum absolute atomic E-state index is 0.132. The third kappa shape index (κ3) is 1.49. The van der Waals surface area contributed by atoms with Crippen molar-refractivity contribution in [2.45, 2.75) is 6.18 Å². The van der Waals surface area contributed by atoms with E-state index in [2.05, 4.69) is 0 Å². The summed E-state index contributed by atoms with van der Waals surface area (Å²) in [5, 5.41) is 0. The molecule has 0 saturated heterocycles. The SMILES string of the molecule is [2H]c1ccc(C(=O)C(F)(F)F)n1C. The fourth-order valence-corrected chi connectivity index (χ4v) is 0.783. The molecule has 2 nitrogen and oxygen atoms in total. The summed E-state index contributed by atoms with van der Waals surface area (Å²) in [4.78, 5) is 10.7. The van der Waals surface area contributed by atoms with Crippen molar-refractivity contribution in [2.75, 3.05) is 0 Å². The van der Waals surface area contributed by atoms with Crippen molar-refractivity contribution in [1.29, 1.82) is 0 Å². The molecule has 0 aliphatic rings. The summed E-state index contributed by atoms with van der Waals surface area (Å²) in [5.74, 6) is -1.92. The van der Waals surface area contributed by atoms with Gasteiger partial charge in [-0.2, -0.15) is 13.2 Å². The fourth-order valence-electron chi connectivity index (χ4n) is 0.783. The number of aromatic nitrogens is 1. The molecule has 0 aliphatic heterocycles. The average Bonchev–Trinajstić information content (AvgIpc) is 2.30. The second kappa shape index (κ2) is 2.66. The van der Waals surface area contributed by atoms with Gasteiger partial charge in [0.2, 0.25) is 0 Å². The van der Waals surface area contributed by atoms with Gasteiger partial charge in [0.05, 0.1) is 7.06 Å². The molecule has 0 unspecified atom stereocenters. The molecule has 12 heavy (non-hydrogen) atoms. The van der Waals surface area contributed by atoms with Crippen molar-refractivity contribution < 1.29 is 19.3 Å². The molecule has 1 aromatic heterocycles. The molecule has 66 valence electrons. The highest BCUT2D eigenvalue weighted by Gasteiger charge is 2.40. The highest BCUT2D eigenvalue weighted by molar-refractivity contribution is 5.98. The maximum atomic E-state index is 11.9. The van der Waals surface area contributed by atoms with Gasteiger partial charge in [0.1, 0.15) is 0 Å². The van der Waals surface area contributed by atoms with E-state index in [1.807, 2.05) is 0 Å². The Kier molecular flexibility index (Phi) is 1.64. The van der Waals surface area contributed by atoms with Crippen LogP contribution in [0.2, 0.25) is 0 Å². The molecule has 0 amide bonds. The zero-order valence-corrected chi connectivity index (χ0v) is 6.14. The Morgan fingerprint density at radius 1 is 1.67 bits per heavy atom. The number of hydrogen-bond donors (Lipinski definition) is 0. The normalized spacial score (nSPS) is 12.8. The van der Waals surface area contributed by atoms with Crippen molar-refractivity contribution in [3.8, 4) is 0 Å². The van der Waals surface area contributed by atoms with Crippen LogP contribution in [0.5, 0.6) is 0 Å². The van der Waals surface area contributed by atoms with Gasteiger partial charge in [0, 0.05) is 13.2 Å². The second-order valence-corrected chi connectivity index (χ2v) is 2.23. The molecule has 0 spiro atoms. The van der Waals surface area contributed by atoms with Crippen LogP contribution in [-0.2, 0) is 7.05 Å². The number of rotatable bonds is 1. The van der Waals surface area contributed by atoms with Gasteiger partial charge in [-0.15, -0.1) is 0 Å². The molecule has 0 atom stereocenters. The first kappa shape index (κ1) is 7.39. The Balaban J connectivity index is 3.10. The molecule has 0 aromatic carbocycles. The number of carbonyl (C=O) groups is 1. The minimum Gasteiger partial charge on any atom is -0.348 e. The predicted octanol–water partition coefficient (Wildman–Crippen LogP) is 1.77. The Bertz CT molecular complexity index is 342. The van der Waals surface area contributed by atoms with Crippen LogP contribution in [-0.4, -0.2) is 16.5 Å². The molecule has 0 aliphatic carbocycles. The lowest BCUT2D eigenvalue weighted by molar-refractivity contribution is -0.0890. The molecule has 0 fully saturated rings. The topological polar surface area (TPSA) is 22.0 Å². The molecule has 1 heterocycles. The van der Waals surface area contributed by atoms with Crippen molar-refractivity contribution in [2.24, 2.45) is 7.05 Å². The third-order valence-electron chi connectivity index (χ3n) is 1.36. The first-order valence-corrected chi connectivity index (χ1v) is 3.08. The van der Waals surface area contributed by atoms with Gasteiger partial charge in [-0.3, -0.25) is 4.79 Å². The summed E-state index contributed by atoms with van der Waals surface area (Å²) in [6.07, 6.45) is -5.01. The van der Waals surface area contributed by atoms with Crippen molar-refractivity contribution in [3.05, 3.63) is 24.0 Å². The average molecular weight is 178 g/mol. The lowest BCUT2D eigenvalue weighted by atomic mass is 10.3. The zero-order valence-electron chi connectivity index (χ0n) is 7.14. The van der Waals surface area contributed by atoms with E-state index < -0.39 is 17.7 Å². The van der Waals surface area contributed by atoms with E-state index in [9.17, 15) is 18.0 Å². The molecule has 5 heteroatoms. The number of nitrogens with zero attached hydrogens (tertiary/aromatic N) is 1. The Morgan fingerprint density at radius 2 is 2.25 bits per heavy atom. The summed E-state index contributed by atoms with van der Waals surface area (Å²) < 4.78 is 43.7. The summed E-state index contributed by atoms with van der Waals surface area (Å²) in [7, 11) is 1.24. The van der Waals surface area contributed by atoms with Gasteiger partial charge in [0.15, 0.2) is 0 Å². The van der Waals surface area contributed by atoms with Crippen LogP contribution in [0, 0.1) is 0 Å². The molecule has 1 aromatic rings. The standard InChI is InChI=1S/C7H6F3NO/c1-11-4-2-3-5(11)6(12)7(8,9)10/h2-4H,1H3/i4D. The van der Waals surface area contributed by atoms with Gasteiger partial charge in [-0.1, -0.05) is 0 Å². The quantitative estimate of drug-likeness (QED) is 0.600. The van der Waals surface area contributed by atoms with Crippen LogP contribution in [0.1, 0.15) is 11.9 Å². The summed E-state index contributed by atoms with van der Waals surface area (Å²) in [6.45, 7) is 0. The molecule has 0 saturated carbocycles. The molecule has 1 rings (SSSR count). The largest absolute Gasteiger partial charge is 0.456 e. The lowest BCUT2D eigenvalue weighted by Gasteiger charge is -2.05. The second-order valence-electron chi connectivity index (χ2n) is 2.23. The van der Waals surface area contributed by atoms with Crippen molar-refractivity contribution >= 4 is 5.78 Å². The number of alkyl halides is 3. The first-order valence-electron chi connectivity index (χ1n) is 3.58. The van der Waals surface area contributed by atoms with Crippen LogP contribution < -0.4 is 0 Å². The smallest absolute Gasteiger partial charge is 0.348 e. The zero-order chi connectivity index (χ0) is 10.2. The maximum Gasteiger partial charge on any atom is 0.456 e. The molecule has 0 N–H and O–H groups in total. The van der Waals surface area contributed by atoms with E-state index >= 15 is 0 Å². The van der Waals surface area contributed by atoms with Crippen LogP contribution in [0.3, 0.4) is 0 Å². The molecular weight excluding hydrogens is 171 g/mol. The monoisotopic (exact) mass is 178 g/mol. The highest BCUT2D eigenvalue weighted by atomic mass is 19.4. The van der Waals surface area contributed by atoms with E-state index in [0.29, 0.717) is 0 Å². The predicted molar refractivity (Wildman–Crippen MR) is 35.8 cm³/mol. The summed E-state index contributed by atoms with van der Waals surface area (Å²) in [5.41, 5.74) is -0.516. The summed E-state index contributed by atoms with van der Waals surface area (Å²) >= 11 is 0. The van der Waals surface area contributed by atoms with Gasteiger partial charge >= 0.3 is 6.18 Å². The van der Waals surface area contributed by atoms with Crippen LogP contribution >= 0.6 is 0 Å². The highest BCUT2D eigenvalue weighted by Crippen LogP contribution is 2.20. The van der Waals surface area contributed by atoms with Gasteiger partial charge in [-0.25, -0.2) is 0 Å². The first-order chi connectivity index (χ1) is 5.84. The number of Topliss-reactive ketones (excluding diaryl/α,β-unsaturated/α-hetero) is 1. The minimum atomic E-state index is -4.88. The van der Waals surface area contributed by atoms with E-state index in [0.717, 1.165) is 16.7 Å². The number of ketones is 1. The molecular formula is C7H6F3NO.